The van der Waals surface area contributed by atoms with Crippen molar-refractivity contribution in [2.45, 2.75) is 45.1 Å². The van der Waals surface area contributed by atoms with Crippen LogP contribution in [0.1, 0.15) is 44.6 Å². The Balaban J connectivity index is 1.70. The molecule has 0 atom stereocenters. The number of amides is 1. The summed E-state index contributed by atoms with van der Waals surface area (Å²) in [6, 6.07) is 13.9. The Morgan fingerprint density at radius 2 is 1.94 bits per heavy atom. The molecule has 2 aliphatic rings. The second kappa shape index (κ2) is 10.6. The first-order valence-corrected chi connectivity index (χ1v) is 12.6. The molecule has 4 rings (SSSR count). The molecule has 5 nitrogen and oxygen atoms in total. The third kappa shape index (κ3) is 5.04. The molecule has 0 spiro atoms. The number of para-hydroxylation sites is 1. The molecule has 1 saturated heterocycles. The fourth-order valence-electron chi connectivity index (χ4n) is 4.10. The van der Waals surface area contributed by atoms with Gasteiger partial charge in [-0.15, -0.1) is 0 Å². The molecule has 1 heterocycles. The highest BCUT2D eigenvalue weighted by molar-refractivity contribution is 9.10. The van der Waals surface area contributed by atoms with Gasteiger partial charge in [0.1, 0.15) is 0 Å². The maximum absolute atomic E-state index is 13.5. The molecule has 2 aromatic carbocycles. The van der Waals surface area contributed by atoms with Gasteiger partial charge in [0, 0.05) is 6.04 Å². The highest BCUT2D eigenvalue weighted by Crippen LogP contribution is 2.41. The lowest BCUT2D eigenvalue weighted by Gasteiger charge is -2.30. The van der Waals surface area contributed by atoms with Crippen molar-refractivity contribution in [2.24, 2.45) is 4.99 Å². The average molecular weight is 515 g/mol. The summed E-state index contributed by atoms with van der Waals surface area (Å²) in [5.74, 6) is 1.32. The Hall–Kier alpha value is -2.25. The van der Waals surface area contributed by atoms with Crippen molar-refractivity contribution in [2.75, 3.05) is 13.7 Å². The van der Waals surface area contributed by atoms with Gasteiger partial charge in [-0.05, 0) is 83.4 Å². The van der Waals surface area contributed by atoms with Crippen molar-refractivity contribution in [1.29, 1.82) is 0 Å². The third-order valence-electron chi connectivity index (χ3n) is 5.60. The largest absolute Gasteiger partial charge is 0.493 e. The van der Waals surface area contributed by atoms with Crippen molar-refractivity contribution in [1.82, 2.24) is 4.90 Å². The fourth-order valence-corrected chi connectivity index (χ4v) is 5.73. The van der Waals surface area contributed by atoms with E-state index in [1.807, 2.05) is 60.4 Å². The molecule has 168 valence electrons. The van der Waals surface area contributed by atoms with Crippen LogP contribution in [0.5, 0.6) is 11.5 Å². The summed E-state index contributed by atoms with van der Waals surface area (Å²) in [6.07, 6.45) is 7.50. The summed E-state index contributed by atoms with van der Waals surface area (Å²) in [6.45, 7) is 2.47. The summed E-state index contributed by atoms with van der Waals surface area (Å²) in [5.41, 5.74) is 1.73. The van der Waals surface area contributed by atoms with E-state index in [2.05, 4.69) is 15.9 Å². The van der Waals surface area contributed by atoms with Gasteiger partial charge in [0.15, 0.2) is 16.7 Å². The van der Waals surface area contributed by atoms with Crippen LogP contribution in [-0.2, 0) is 4.79 Å². The smallest absolute Gasteiger partial charge is 0.267 e. The quantitative estimate of drug-likeness (QED) is 0.398. The van der Waals surface area contributed by atoms with Gasteiger partial charge in [0.2, 0.25) is 0 Å². The number of thioether (sulfide) groups is 1. The van der Waals surface area contributed by atoms with E-state index in [1.165, 1.54) is 18.2 Å². The number of halogens is 1. The molecular formula is C25H27BrN2O3S. The fraction of sp³-hybridized carbons (Fsp3) is 0.360. The minimum atomic E-state index is 0.0283. The molecule has 0 N–H and O–H groups in total. The van der Waals surface area contributed by atoms with Crippen molar-refractivity contribution >= 4 is 50.5 Å². The van der Waals surface area contributed by atoms with Gasteiger partial charge >= 0.3 is 0 Å². The van der Waals surface area contributed by atoms with E-state index < -0.39 is 0 Å². The molecule has 1 aliphatic carbocycles. The molecule has 0 bridgehead atoms. The van der Waals surface area contributed by atoms with E-state index in [4.69, 9.17) is 14.5 Å². The van der Waals surface area contributed by atoms with Crippen LogP contribution in [0.3, 0.4) is 0 Å². The van der Waals surface area contributed by atoms with E-state index >= 15 is 0 Å². The van der Waals surface area contributed by atoms with Crippen LogP contribution >= 0.6 is 27.7 Å². The second-order valence-electron chi connectivity index (χ2n) is 7.77. The number of hydrogen-bond donors (Lipinski definition) is 0. The first-order valence-electron chi connectivity index (χ1n) is 11.0. The molecule has 1 amide bonds. The maximum Gasteiger partial charge on any atom is 0.267 e. The maximum atomic E-state index is 13.5. The number of hydrogen-bond acceptors (Lipinski definition) is 5. The van der Waals surface area contributed by atoms with Gasteiger partial charge in [0.05, 0.1) is 28.8 Å². The number of benzene rings is 2. The summed E-state index contributed by atoms with van der Waals surface area (Å²) in [7, 11) is 1.62. The molecule has 1 saturated carbocycles. The van der Waals surface area contributed by atoms with Crippen LogP contribution in [0.25, 0.3) is 6.08 Å². The Morgan fingerprint density at radius 3 is 2.62 bits per heavy atom. The van der Waals surface area contributed by atoms with Gasteiger partial charge in [-0.1, -0.05) is 37.5 Å². The van der Waals surface area contributed by atoms with Gasteiger partial charge in [0.25, 0.3) is 5.91 Å². The molecule has 2 aromatic rings. The zero-order chi connectivity index (χ0) is 22.5. The van der Waals surface area contributed by atoms with Crippen molar-refractivity contribution in [3.05, 3.63) is 57.4 Å². The summed E-state index contributed by atoms with van der Waals surface area (Å²) in [5, 5.41) is 0.760. The normalized spacial score (nSPS) is 19.7. The van der Waals surface area contributed by atoms with Crippen LogP contribution in [0.15, 0.2) is 56.8 Å². The molecule has 1 aliphatic heterocycles. The van der Waals surface area contributed by atoms with Gasteiger partial charge in [-0.2, -0.15) is 0 Å². The zero-order valence-corrected chi connectivity index (χ0v) is 20.7. The molecular weight excluding hydrogens is 488 g/mol. The van der Waals surface area contributed by atoms with Crippen molar-refractivity contribution < 1.29 is 14.3 Å². The Kier molecular flexibility index (Phi) is 7.58. The molecule has 0 unspecified atom stereocenters. The zero-order valence-electron chi connectivity index (χ0n) is 18.3. The lowest BCUT2D eigenvalue weighted by Crippen LogP contribution is -2.40. The van der Waals surface area contributed by atoms with Gasteiger partial charge in [-0.25, -0.2) is 4.99 Å². The van der Waals surface area contributed by atoms with Crippen molar-refractivity contribution in [3.63, 3.8) is 0 Å². The number of methoxy groups -OCH3 is 1. The number of carbonyl (C=O) groups is 1. The Labute approximate surface area is 202 Å². The number of rotatable bonds is 6. The lowest BCUT2D eigenvalue weighted by molar-refractivity contribution is -0.124. The molecule has 2 fully saturated rings. The minimum Gasteiger partial charge on any atom is -0.493 e. The van der Waals surface area contributed by atoms with Crippen LogP contribution in [0.2, 0.25) is 0 Å². The van der Waals surface area contributed by atoms with E-state index in [9.17, 15) is 4.79 Å². The number of aliphatic imine (C=N–C) groups is 1. The van der Waals surface area contributed by atoms with Crippen molar-refractivity contribution in [3.8, 4) is 11.5 Å². The van der Waals surface area contributed by atoms with E-state index in [1.54, 1.807) is 7.11 Å². The minimum absolute atomic E-state index is 0.0283. The number of amidine groups is 1. The van der Waals surface area contributed by atoms with E-state index in [0.717, 1.165) is 46.6 Å². The predicted molar refractivity (Wildman–Crippen MR) is 135 cm³/mol. The van der Waals surface area contributed by atoms with Gasteiger partial charge < -0.3 is 9.47 Å². The average Bonchev–Trinajstić information content (AvgIpc) is 3.11. The predicted octanol–water partition coefficient (Wildman–Crippen LogP) is 6.79. The SMILES string of the molecule is CCOc1c(Br)cc(C=C2SC(=Nc3ccccc3)N(C3CCCCC3)C2=O)cc1OC. The molecule has 32 heavy (non-hydrogen) atoms. The molecule has 0 radical (unpaired) electrons. The lowest BCUT2D eigenvalue weighted by atomic mass is 9.94. The topological polar surface area (TPSA) is 51.1 Å². The first-order chi connectivity index (χ1) is 15.6. The van der Waals surface area contributed by atoms with Crippen LogP contribution in [0.4, 0.5) is 5.69 Å². The summed E-state index contributed by atoms with van der Waals surface area (Å²) < 4.78 is 12.0. The van der Waals surface area contributed by atoms with Crippen LogP contribution in [-0.4, -0.2) is 35.7 Å². The van der Waals surface area contributed by atoms with E-state index in [0.29, 0.717) is 23.0 Å². The first kappa shape index (κ1) is 22.9. The number of carbonyl (C=O) groups excluding carboxylic acids is 1. The molecule has 7 heteroatoms. The Morgan fingerprint density at radius 1 is 1.19 bits per heavy atom. The van der Waals surface area contributed by atoms with Gasteiger partial charge in [-0.3, -0.25) is 9.69 Å². The highest BCUT2D eigenvalue weighted by atomic mass is 79.9. The molecule has 0 aromatic heterocycles. The summed E-state index contributed by atoms with van der Waals surface area (Å²) >= 11 is 5.02. The van der Waals surface area contributed by atoms with Crippen LogP contribution < -0.4 is 9.47 Å². The Bertz CT molecular complexity index is 1030. The monoisotopic (exact) mass is 514 g/mol. The third-order valence-corrected chi connectivity index (χ3v) is 7.17. The highest BCUT2D eigenvalue weighted by Gasteiger charge is 2.38. The number of nitrogens with zero attached hydrogens (tertiary/aromatic N) is 2. The standard InChI is InChI=1S/C25H27BrN2O3S/c1-3-31-23-20(26)14-17(15-21(23)30-2)16-22-24(29)28(19-12-8-5-9-13-19)25(32-22)27-18-10-6-4-7-11-18/h4,6-7,10-11,14-16,19H,3,5,8-9,12-13H2,1-2H3. The number of ether oxygens (including phenoxy) is 2. The second-order valence-corrected chi connectivity index (χ2v) is 9.64. The summed E-state index contributed by atoms with van der Waals surface area (Å²) in [4.78, 5) is 20.9. The van der Waals surface area contributed by atoms with E-state index in [-0.39, 0.29) is 11.9 Å². The van der Waals surface area contributed by atoms with Crippen LogP contribution in [0, 0.1) is 0 Å².